The number of aryl methyl sites for hydroxylation is 1. The Morgan fingerprint density at radius 2 is 2.12 bits per heavy atom. The fraction of sp³-hybridized carbons (Fsp3) is 0.333. The Kier molecular flexibility index (Phi) is 2.85. The third-order valence-corrected chi connectivity index (χ3v) is 2.82. The summed E-state index contributed by atoms with van der Waals surface area (Å²) in [6.45, 7) is 1.76. The van der Waals surface area contributed by atoms with Crippen molar-refractivity contribution in [2.24, 2.45) is 5.41 Å². The number of carbonyl (C=O) groups excluding carboxylic acids is 1. The molecule has 1 aromatic carbocycles. The average Bonchev–Trinajstić information content (AvgIpc) is 2.14. The van der Waals surface area contributed by atoms with Crippen LogP contribution in [0.2, 0.25) is 0 Å². The van der Waals surface area contributed by atoms with Gasteiger partial charge in [-0.3, -0.25) is 9.59 Å². The molecule has 1 saturated heterocycles. The quantitative estimate of drug-likeness (QED) is 0.767. The molecule has 0 saturated carbocycles. The summed E-state index contributed by atoms with van der Waals surface area (Å²) in [7, 11) is 0. The molecule has 0 aromatic heterocycles. The first kappa shape index (κ1) is 11.6. The molecular weight excluding hydrogens is 222 g/mol. The molecule has 1 heterocycles. The maximum absolute atomic E-state index is 11.9. The van der Waals surface area contributed by atoms with Gasteiger partial charge in [0.1, 0.15) is 0 Å². The molecule has 1 amide bonds. The highest BCUT2D eigenvalue weighted by atomic mass is 16.5. The second-order valence-corrected chi connectivity index (χ2v) is 4.20. The third-order valence-electron chi connectivity index (χ3n) is 2.82. The number of hydrogen-bond donors (Lipinski definition) is 2. The monoisotopic (exact) mass is 235 g/mol. The fourth-order valence-corrected chi connectivity index (χ4v) is 1.63. The van der Waals surface area contributed by atoms with E-state index in [9.17, 15) is 9.59 Å². The summed E-state index contributed by atoms with van der Waals surface area (Å²) in [5.74, 6) is -1.67. The number of carboxylic acids is 1. The average molecular weight is 235 g/mol. The maximum atomic E-state index is 11.9. The van der Waals surface area contributed by atoms with E-state index in [1.807, 2.05) is 13.0 Å². The molecule has 0 bridgehead atoms. The van der Waals surface area contributed by atoms with Crippen LogP contribution in [-0.4, -0.2) is 30.2 Å². The second-order valence-electron chi connectivity index (χ2n) is 4.20. The van der Waals surface area contributed by atoms with E-state index < -0.39 is 17.3 Å². The number of rotatable bonds is 3. The molecule has 2 N–H and O–H groups in total. The normalized spacial score (nSPS) is 17.0. The van der Waals surface area contributed by atoms with Gasteiger partial charge in [-0.15, -0.1) is 0 Å². The van der Waals surface area contributed by atoms with E-state index in [-0.39, 0.29) is 13.2 Å². The van der Waals surface area contributed by atoms with Gasteiger partial charge in [0.05, 0.1) is 13.2 Å². The van der Waals surface area contributed by atoms with Crippen molar-refractivity contribution in [3.8, 4) is 0 Å². The minimum atomic E-state index is -1.43. The van der Waals surface area contributed by atoms with Gasteiger partial charge in [-0.2, -0.15) is 0 Å². The van der Waals surface area contributed by atoms with Crippen molar-refractivity contribution in [1.82, 2.24) is 0 Å². The molecule has 1 fully saturated rings. The Balaban J connectivity index is 2.14. The molecule has 0 atom stereocenters. The molecule has 0 spiro atoms. The predicted molar refractivity (Wildman–Crippen MR) is 60.7 cm³/mol. The molecule has 1 aliphatic rings. The lowest BCUT2D eigenvalue weighted by molar-refractivity contribution is -0.182. The van der Waals surface area contributed by atoms with Crippen molar-refractivity contribution in [3.05, 3.63) is 29.8 Å². The minimum absolute atomic E-state index is 0.0695. The van der Waals surface area contributed by atoms with Crippen LogP contribution < -0.4 is 5.32 Å². The molecule has 17 heavy (non-hydrogen) atoms. The predicted octanol–water partition coefficient (Wildman–Crippen LogP) is 1.03. The molecule has 90 valence electrons. The maximum Gasteiger partial charge on any atom is 0.324 e. The van der Waals surface area contributed by atoms with E-state index >= 15 is 0 Å². The molecule has 5 nitrogen and oxygen atoms in total. The van der Waals surface area contributed by atoms with E-state index in [0.29, 0.717) is 5.69 Å². The summed E-state index contributed by atoms with van der Waals surface area (Å²) in [4.78, 5) is 23.0. The van der Waals surface area contributed by atoms with Crippen LogP contribution in [0.4, 0.5) is 5.69 Å². The standard InChI is InChI=1S/C12H13NO4/c1-8-3-2-4-9(5-8)13-10(14)12(11(15)16)6-17-7-12/h2-5H,6-7H2,1H3,(H,13,14)(H,15,16). The molecule has 2 rings (SSSR count). The number of nitrogens with one attached hydrogen (secondary N) is 1. The van der Waals surface area contributed by atoms with Crippen LogP contribution in [-0.2, 0) is 14.3 Å². The summed E-state index contributed by atoms with van der Waals surface area (Å²) in [5.41, 5.74) is 0.170. The van der Waals surface area contributed by atoms with E-state index in [1.165, 1.54) is 0 Å². The van der Waals surface area contributed by atoms with Crippen LogP contribution in [0.25, 0.3) is 0 Å². The van der Waals surface area contributed by atoms with Crippen LogP contribution in [0.5, 0.6) is 0 Å². The van der Waals surface area contributed by atoms with Crippen molar-refractivity contribution in [2.45, 2.75) is 6.92 Å². The number of amides is 1. The van der Waals surface area contributed by atoms with Gasteiger partial charge in [-0.05, 0) is 24.6 Å². The first-order valence-electron chi connectivity index (χ1n) is 5.24. The van der Waals surface area contributed by atoms with Crippen molar-refractivity contribution >= 4 is 17.6 Å². The highest BCUT2D eigenvalue weighted by Crippen LogP contribution is 2.29. The van der Waals surface area contributed by atoms with Crippen molar-refractivity contribution in [3.63, 3.8) is 0 Å². The van der Waals surface area contributed by atoms with Crippen LogP contribution in [0.3, 0.4) is 0 Å². The topological polar surface area (TPSA) is 75.6 Å². The van der Waals surface area contributed by atoms with Gasteiger partial charge in [0.15, 0.2) is 5.41 Å². The zero-order chi connectivity index (χ0) is 12.5. The van der Waals surface area contributed by atoms with Crippen molar-refractivity contribution in [1.29, 1.82) is 0 Å². The lowest BCUT2D eigenvalue weighted by atomic mass is 9.85. The van der Waals surface area contributed by atoms with Gasteiger partial charge in [0.25, 0.3) is 0 Å². The highest BCUT2D eigenvalue weighted by Gasteiger charge is 2.53. The van der Waals surface area contributed by atoms with E-state index in [1.54, 1.807) is 18.2 Å². The van der Waals surface area contributed by atoms with Gasteiger partial charge in [0, 0.05) is 5.69 Å². The lowest BCUT2D eigenvalue weighted by Gasteiger charge is -2.35. The van der Waals surface area contributed by atoms with Gasteiger partial charge in [-0.1, -0.05) is 12.1 Å². The second kappa shape index (κ2) is 4.18. The summed E-state index contributed by atoms with van der Waals surface area (Å²) in [6, 6.07) is 7.21. The van der Waals surface area contributed by atoms with Crippen LogP contribution in [0, 0.1) is 12.3 Å². The fourth-order valence-electron chi connectivity index (χ4n) is 1.63. The number of carboxylic acid groups (broad SMARTS) is 1. The summed E-state index contributed by atoms with van der Waals surface area (Å²) in [5, 5.41) is 11.7. The Bertz CT molecular complexity index is 465. The largest absolute Gasteiger partial charge is 0.480 e. The third kappa shape index (κ3) is 2.01. The number of hydrogen-bond acceptors (Lipinski definition) is 3. The Hall–Kier alpha value is -1.88. The molecular formula is C12H13NO4. The lowest BCUT2D eigenvalue weighted by Crippen LogP contribution is -2.57. The molecule has 1 aliphatic heterocycles. The Labute approximate surface area is 98.4 Å². The first-order valence-corrected chi connectivity index (χ1v) is 5.24. The Morgan fingerprint density at radius 3 is 2.59 bits per heavy atom. The van der Waals surface area contributed by atoms with Crippen LogP contribution >= 0.6 is 0 Å². The van der Waals surface area contributed by atoms with Crippen molar-refractivity contribution < 1.29 is 19.4 Å². The molecule has 0 unspecified atom stereocenters. The number of aliphatic carboxylic acids is 1. The van der Waals surface area contributed by atoms with Crippen LogP contribution in [0.15, 0.2) is 24.3 Å². The van der Waals surface area contributed by atoms with Crippen molar-refractivity contribution in [2.75, 3.05) is 18.5 Å². The molecule has 0 radical (unpaired) electrons. The number of carbonyl (C=O) groups is 2. The van der Waals surface area contributed by atoms with Gasteiger partial charge >= 0.3 is 5.97 Å². The smallest absolute Gasteiger partial charge is 0.324 e. The Morgan fingerprint density at radius 1 is 1.41 bits per heavy atom. The SMILES string of the molecule is Cc1cccc(NC(=O)C2(C(=O)O)COC2)c1. The van der Waals surface area contributed by atoms with E-state index in [0.717, 1.165) is 5.56 Å². The summed E-state index contributed by atoms with van der Waals surface area (Å²) in [6.07, 6.45) is 0. The summed E-state index contributed by atoms with van der Waals surface area (Å²) < 4.78 is 4.84. The zero-order valence-electron chi connectivity index (χ0n) is 9.40. The van der Waals surface area contributed by atoms with Gasteiger partial charge < -0.3 is 15.2 Å². The molecule has 5 heteroatoms. The van der Waals surface area contributed by atoms with Crippen LogP contribution in [0.1, 0.15) is 5.56 Å². The number of benzene rings is 1. The summed E-state index contributed by atoms with van der Waals surface area (Å²) >= 11 is 0. The van der Waals surface area contributed by atoms with Gasteiger partial charge in [-0.25, -0.2) is 0 Å². The highest BCUT2D eigenvalue weighted by molar-refractivity contribution is 6.09. The molecule has 1 aromatic rings. The zero-order valence-corrected chi connectivity index (χ0v) is 9.40. The number of ether oxygens (including phenoxy) is 1. The van der Waals surface area contributed by atoms with E-state index in [4.69, 9.17) is 9.84 Å². The van der Waals surface area contributed by atoms with E-state index in [2.05, 4.69) is 5.32 Å². The number of anilines is 1. The minimum Gasteiger partial charge on any atom is -0.480 e. The first-order chi connectivity index (χ1) is 8.04. The van der Waals surface area contributed by atoms with Gasteiger partial charge in [0.2, 0.25) is 5.91 Å². The molecule has 0 aliphatic carbocycles.